The summed E-state index contributed by atoms with van der Waals surface area (Å²) in [4.78, 5) is 11.9. The molecule has 0 N–H and O–H groups in total. The Morgan fingerprint density at radius 2 is 1.85 bits per heavy atom. The third kappa shape index (κ3) is 1.96. The average molecular weight is 286 g/mol. The number of hydrogen-bond donors (Lipinski definition) is 0. The number of aromatic nitrogens is 1. The number of ether oxygens (including phenoxy) is 1. The lowest BCUT2D eigenvalue weighted by Crippen LogP contribution is -2.00. The molecule has 0 radical (unpaired) electrons. The Balaban J connectivity index is 2.36. The Hall–Kier alpha value is -2.26. The van der Waals surface area contributed by atoms with Crippen LogP contribution >= 0.6 is 11.6 Å². The molecule has 0 unspecified atom stereocenters. The van der Waals surface area contributed by atoms with Gasteiger partial charge < -0.3 is 4.74 Å². The van der Waals surface area contributed by atoms with Gasteiger partial charge in [0.2, 0.25) is 0 Å². The molecular formula is C16H12ClNO2. The molecule has 3 aromatic rings. The fraction of sp³-hybridized carbons (Fsp3) is 0.0625. The van der Waals surface area contributed by atoms with Crippen LogP contribution in [0.1, 0.15) is 10.4 Å². The van der Waals surface area contributed by atoms with Crippen molar-refractivity contribution in [1.82, 2.24) is 4.40 Å². The monoisotopic (exact) mass is 285 g/mol. The van der Waals surface area contributed by atoms with Gasteiger partial charge in [-0.2, -0.15) is 0 Å². The maximum Gasteiger partial charge on any atom is 0.340 e. The van der Waals surface area contributed by atoms with Crippen molar-refractivity contribution in [2.24, 2.45) is 0 Å². The van der Waals surface area contributed by atoms with Crippen LogP contribution in [0, 0.1) is 0 Å². The zero-order chi connectivity index (χ0) is 14.1. The Morgan fingerprint density at radius 1 is 1.10 bits per heavy atom. The molecule has 100 valence electrons. The number of carbonyl (C=O) groups is 1. The molecule has 0 fully saturated rings. The second-order valence-electron chi connectivity index (χ2n) is 4.37. The summed E-state index contributed by atoms with van der Waals surface area (Å²) in [5.74, 6) is -0.369. The smallest absolute Gasteiger partial charge is 0.340 e. The Labute approximate surface area is 121 Å². The lowest BCUT2D eigenvalue weighted by Gasteiger charge is -2.05. The van der Waals surface area contributed by atoms with Crippen molar-refractivity contribution in [2.45, 2.75) is 0 Å². The number of methoxy groups -OCH3 is 1. The Kier molecular flexibility index (Phi) is 3.20. The van der Waals surface area contributed by atoms with Gasteiger partial charge in [-0.1, -0.05) is 48.0 Å². The maximum atomic E-state index is 11.9. The Bertz CT molecular complexity index is 778. The van der Waals surface area contributed by atoms with E-state index in [0.717, 1.165) is 16.8 Å². The molecule has 0 aliphatic carbocycles. The number of esters is 1. The largest absolute Gasteiger partial charge is 0.465 e. The highest BCUT2D eigenvalue weighted by molar-refractivity contribution is 6.30. The van der Waals surface area contributed by atoms with Crippen LogP contribution in [0.4, 0.5) is 0 Å². The molecule has 4 heteroatoms. The highest BCUT2D eigenvalue weighted by Crippen LogP contribution is 2.29. The lowest BCUT2D eigenvalue weighted by atomic mass is 10.1. The SMILES string of the molecule is COC(=O)c1cc(-c2ccccc2)n2c(Cl)cccc12. The Morgan fingerprint density at radius 3 is 2.55 bits per heavy atom. The van der Waals surface area contributed by atoms with Crippen molar-refractivity contribution in [3.05, 3.63) is 65.3 Å². The van der Waals surface area contributed by atoms with Gasteiger partial charge in [0.05, 0.1) is 23.9 Å². The van der Waals surface area contributed by atoms with E-state index in [-0.39, 0.29) is 5.97 Å². The predicted octanol–water partition coefficient (Wildman–Crippen LogP) is 4.05. The summed E-state index contributed by atoms with van der Waals surface area (Å²) >= 11 is 6.28. The van der Waals surface area contributed by atoms with Gasteiger partial charge in [-0.25, -0.2) is 4.79 Å². The minimum Gasteiger partial charge on any atom is -0.465 e. The second-order valence-corrected chi connectivity index (χ2v) is 4.76. The van der Waals surface area contributed by atoms with Crippen LogP contribution in [0.5, 0.6) is 0 Å². The summed E-state index contributed by atoms with van der Waals surface area (Å²) in [6.45, 7) is 0. The zero-order valence-corrected chi connectivity index (χ0v) is 11.6. The van der Waals surface area contributed by atoms with Gasteiger partial charge in [-0.3, -0.25) is 4.40 Å². The number of halogens is 1. The minimum absolute atomic E-state index is 0.369. The summed E-state index contributed by atoms with van der Waals surface area (Å²) in [6.07, 6.45) is 0. The van der Waals surface area contributed by atoms with Crippen LogP contribution in [0.2, 0.25) is 5.15 Å². The molecule has 1 aromatic carbocycles. The second kappa shape index (κ2) is 5.02. The zero-order valence-electron chi connectivity index (χ0n) is 10.8. The summed E-state index contributed by atoms with van der Waals surface area (Å²) in [5.41, 5.74) is 3.11. The molecule has 0 aliphatic rings. The van der Waals surface area contributed by atoms with Gasteiger partial charge in [-0.15, -0.1) is 0 Å². The van der Waals surface area contributed by atoms with Crippen molar-refractivity contribution < 1.29 is 9.53 Å². The number of benzene rings is 1. The third-order valence-electron chi connectivity index (χ3n) is 3.22. The number of rotatable bonds is 2. The van der Waals surface area contributed by atoms with Gasteiger partial charge >= 0.3 is 5.97 Å². The molecular weight excluding hydrogens is 274 g/mol. The minimum atomic E-state index is -0.369. The standard InChI is InChI=1S/C16H12ClNO2/c1-20-16(19)12-10-14(11-6-3-2-4-7-11)18-13(12)8-5-9-15(18)17/h2-10H,1H3. The highest BCUT2D eigenvalue weighted by Gasteiger charge is 2.17. The van der Waals surface area contributed by atoms with E-state index in [2.05, 4.69) is 0 Å². The number of pyridine rings is 1. The highest BCUT2D eigenvalue weighted by atomic mass is 35.5. The number of fused-ring (bicyclic) bond motifs is 1. The molecule has 0 spiro atoms. The summed E-state index contributed by atoms with van der Waals surface area (Å²) in [5, 5.41) is 0.552. The van der Waals surface area contributed by atoms with E-state index in [1.165, 1.54) is 7.11 Å². The molecule has 0 atom stereocenters. The van der Waals surface area contributed by atoms with Crippen molar-refractivity contribution in [3.8, 4) is 11.3 Å². The number of carbonyl (C=O) groups excluding carboxylic acids is 1. The first-order valence-electron chi connectivity index (χ1n) is 6.16. The molecule has 0 aliphatic heterocycles. The van der Waals surface area contributed by atoms with E-state index < -0.39 is 0 Å². The first-order chi connectivity index (χ1) is 9.72. The lowest BCUT2D eigenvalue weighted by molar-refractivity contribution is 0.0603. The van der Waals surface area contributed by atoms with Crippen LogP contribution in [0.3, 0.4) is 0 Å². The maximum absolute atomic E-state index is 11.9. The van der Waals surface area contributed by atoms with Crippen molar-refractivity contribution >= 4 is 23.1 Å². The van der Waals surface area contributed by atoms with Gasteiger partial charge in [0.1, 0.15) is 5.15 Å². The van der Waals surface area contributed by atoms with Crippen LogP contribution in [-0.2, 0) is 4.74 Å². The van der Waals surface area contributed by atoms with E-state index in [1.807, 2.05) is 52.9 Å². The molecule has 0 saturated carbocycles. The molecule has 0 saturated heterocycles. The van der Waals surface area contributed by atoms with Crippen molar-refractivity contribution in [1.29, 1.82) is 0 Å². The summed E-state index contributed by atoms with van der Waals surface area (Å²) in [6, 6.07) is 17.1. The quantitative estimate of drug-likeness (QED) is 0.525. The van der Waals surface area contributed by atoms with E-state index in [4.69, 9.17) is 16.3 Å². The van der Waals surface area contributed by atoms with Crippen molar-refractivity contribution in [2.75, 3.05) is 7.11 Å². The van der Waals surface area contributed by atoms with Crippen LogP contribution in [0.15, 0.2) is 54.6 Å². The average Bonchev–Trinajstić information content (AvgIpc) is 2.88. The number of hydrogen-bond acceptors (Lipinski definition) is 2. The van der Waals surface area contributed by atoms with Crippen LogP contribution < -0.4 is 0 Å². The normalized spacial score (nSPS) is 10.7. The first-order valence-corrected chi connectivity index (χ1v) is 6.54. The molecule has 3 rings (SSSR count). The fourth-order valence-corrected chi connectivity index (χ4v) is 2.56. The van der Waals surface area contributed by atoms with Gasteiger partial charge in [0, 0.05) is 0 Å². The van der Waals surface area contributed by atoms with Gasteiger partial charge in [0.25, 0.3) is 0 Å². The van der Waals surface area contributed by atoms with Gasteiger partial charge in [-0.05, 0) is 23.8 Å². The summed E-state index contributed by atoms with van der Waals surface area (Å²) < 4.78 is 6.69. The molecule has 0 bridgehead atoms. The third-order valence-corrected chi connectivity index (χ3v) is 3.51. The van der Waals surface area contributed by atoms with Crippen LogP contribution in [0.25, 0.3) is 16.8 Å². The number of nitrogens with zero attached hydrogens (tertiary/aromatic N) is 1. The van der Waals surface area contributed by atoms with E-state index in [0.29, 0.717) is 10.7 Å². The van der Waals surface area contributed by atoms with E-state index in [1.54, 1.807) is 6.07 Å². The van der Waals surface area contributed by atoms with Crippen molar-refractivity contribution in [3.63, 3.8) is 0 Å². The van der Waals surface area contributed by atoms with E-state index in [9.17, 15) is 4.79 Å². The summed E-state index contributed by atoms with van der Waals surface area (Å²) in [7, 11) is 1.37. The predicted molar refractivity (Wildman–Crippen MR) is 79.2 cm³/mol. The fourth-order valence-electron chi connectivity index (χ4n) is 2.31. The molecule has 0 amide bonds. The molecule has 2 heterocycles. The van der Waals surface area contributed by atoms with E-state index >= 15 is 0 Å². The topological polar surface area (TPSA) is 30.7 Å². The van der Waals surface area contributed by atoms with Crippen LogP contribution in [-0.4, -0.2) is 17.5 Å². The first kappa shape index (κ1) is 12.8. The molecule has 2 aromatic heterocycles. The van der Waals surface area contributed by atoms with Gasteiger partial charge in [0.15, 0.2) is 0 Å². The molecule has 20 heavy (non-hydrogen) atoms. The molecule has 3 nitrogen and oxygen atoms in total.